The Hall–Kier alpha value is -1.53. The van der Waals surface area contributed by atoms with E-state index in [1.165, 1.54) is 0 Å². The average molecular weight is 246 g/mol. The molecule has 0 radical (unpaired) electrons. The predicted molar refractivity (Wildman–Crippen MR) is 74.4 cm³/mol. The first-order valence-corrected chi connectivity index (χ1v) is 6.36. The summed E-state index contributed by atoms with van der Waals surface area (Å²) < 4.78 is 0. The molecule has 1 unspecified atom stereocenters. The van der Waals surface area contributed by atoms with Crippen LogP contribution < -0.4 is 4.90 Å². The molecule has 0 aliphatic carbocycles. The Bertz CT molecular complexity index is 435. The lowest BCUT2D eigenvalue weighted by molar-refractivity contribution is 0.282. The highest BCUT2D eigenvalue weighted by Gasteiger charge is 2.15. The van der Waals surface area contributed by atoms with E-state index >= 15 is 0 Å². The van der Waals surface area contributed by atoms with Crippen LogP contribution in [-0.4, -0.2) is 18.2 Å². The molecule has 3 nitrogen and oxygen atoms in total. The Kier molecular flexibility index (Phi) is 5.18. The van der Waals surface area contributed by atoms with Gasteiger partial charge in [0, 0.05) is 13.1 Å². The largest absolute Gasteiger partial charge is 0.392 e. The minimum absolute atomic E-state index is 0.0276. The highest BCUT2D eigenvalue weighted by Crippen LogP contribution is 2.24. The van der Waals surface area contributed by atoms with Gasteiger partial charge in [-0.3, -0.25) is 0 Å². The van der Waals surface area contributed by atoms with E-state index in [1.807, 2.05) is 19.2 Å². The average Bonchev–Trinajstić information content (AvgIpc) is 2.36. The smallest absolute Gasteiger partial charge is 0.101 e. The van der Waals surface area contributed by atoms with Crippen molar-refractivity contribution < 1.29 is 5.11 Å². The number of nitriles is 1. The lowest BCUT2D eigenvalue weighted by Crippen LogP contribution is -2.30. The molecule has 0 heterocycles. The molecule has 0 saturated heterocycles. The number of nitrogens with zero attached hydrogens (tertiary/aromatic N) is 2. The number of hydrogen-bond acceptors (Lipinski definition) is 3. The Morgan fingerprint density at radius 1 is 1.33 bits per heavy atom. The van der Waals surface area contributed by atoms with Gasteiger partial charge < -0.3 is 10.0 Å². The van der Waals surface area contributed by atoms with Gasteiger partial charge in [-0.15, -0.1) is 0 Å². The van der Waals surface area contributed by atoms with E-state index in [0.29, 0.717) is 17.5 Å². The van der Waals surface area contributed by atoms with Crippen molar-refractivity contribution in [3.63, 3.8) is 0 Å². The minimum Gasteiger partial charge on any atom is -0.392 e. The van der Waals surface area contributed by atoms with E-state index in [1.54, 1.807) is 6.07 Å². The monoisotopic (exact) mass is 246 g/mol. The first kappa shape index (κ1) is 14.5. The fraction of sp³-hybridized carbons (Fsp3) is 0.533. The normalized spacial score (nSPS) is 12.3. The van der Waals surface area contributed by atoms with Crippen LogP contribution in [0.1, 0.15) is 38.3 Å². The summed E-state index contributed by atoms with van der Waals surface area (Å²) in [5.41, 5.74) is 2.34. The third-order valence-corrected chi connectivity index (χ3v) is 3.22. The number of rotatable bonds is 5. The maximum absolute atomic E-state index is 9.19. The van der Waals surface area contributed by atoms with Crippen molar-refractivity contribution in [2.45, 2.75) is 39.8 Å². The fourth-order valence-corrected chi connectivity index (χ4v) is 2.16. The molecule has 0 saturated carbocycles. The van der Waals surface area contributed by atoms with Crippen molar-refractivity contribution >= 4 is 5.69 Å². The SMILES string of the molecule is CC(C)CC(C)N(C)c1ccc(CO)cc1C#N. The first-order valence-electron chi connectivity index (χ1n) is 6.36. The van der Waals surface area contributed by atoms with Gasteiger partial charge >= 0.3 is 0 Å². The Labute approximate surface area is 110 Å². The van der Waals surface area contributed by atoms with E-state index in [0.717, 1.165) is 17.7 Å². The van der Waals surface area contributed by atoms with Crippen LogP contribution >= 0.6 is 0 Å². The second-order valence-electron chi connectivity index (χ2n) is 5.21. The number of aliphatic hydroxyl groups is 1. The summed E-state index contributed by atoms with van der Waals surface area (Å²) in [6, 6.07) is 8.14. The second kappa shape index (κ2) is 6.42. The second-order valence-corrected chi connectivity index (χ2v) is 5.21. The van der Waals surface area contributed by atoms with Gasteiger partial charge in [0.15, 0.2) is 0 Å². The molecule has 0 amide bonds. The number of anilines is 1. The van der Waals surface area contributed by atoms with E-state index in [9.17, 15) is 5.26 Å². The fourth-order valence-electron chi connectivity index (χ4n) is 2.16. The Balaban J connectivity index is 2.98. The quantitative estimate of drug-likeness (QED) is 0.869. The zero-order chi connectivity index (χ0) is 13.7. The molecule has 1 aromatic carbocycles. The minimum atomic E-state index is -0.0276. The molecular weight excluding hydrogens is 224 g/mol. The van der Waals surface area contributed by atoms with E-state index in [4.69, 9.17) is 5.11 Å². The van der Waals surface area contributed by atoms with Crippen molar-refractivity contribution in [1.29, 1.82) is 5.26 Å². The van der Waals surface area contributed by atoms with Gasteiger partial charge in [-0.25, -0.2) is 0 Å². The van der Waals surface area contributed by atoms with Crippen LogP contribution in [0, 0.1) is 17.2 Å². The van der Waals surface area contributed by atoms with Crippen LogP contribution in [0.3, 0.4) is 0 Å². The summed E-state index contributed by atoms with van der Waals surface area (Å²) in [4.78, 5) is 2.14. The maximum Gasteiger partial charge on any atom is 0.101 e. The summed E-state index contributed by atoms with van der Waals surface area (Å²) in [7, 11) is 2.02. The Morgan fingerprint density at radius 3 is 2.50 bits per heavy atom. The van der Waals surface area contributed by atoms with Gasteiger partial charge in [-0.2, -0.15) is 5.26 Å². The van der Waals surface area contributed by atoms with Crippen molar-refractivity contribution in [1.82, 2.24) is 0 Å². The van der Waals surface area contributed by atoms with Crippen molar-refractivity contribution in [2.24, 2.45) is 5.92 Å². The summed E-state index contributed by atoms with van der Waals surface area (Å²) in [5, 5.41) is 18.3. The van der Waals surface area contributed by atoms with Gasteiger partial charge in [0.1, 0.15) is 6.07 Å². The van der Waals surface area contributed by atoms with Crippen LogP contribution in [0.25, 0.3) is 0 Å². The van der Waals surface area contributed by atoms with Gasteiger partial charge in [0.05, 0.1) is 17.9 Å². The molecule has 3 heteroatoms. The van der Waals surface area contributed by atoms with Gasteiger partial charge in [0.25, 0.3) is 0 Å². The van der Waals surface area contributed by atoms with Crippen LogP contribution in [0.15, 0.2) is 18.2 Å². The van der Waals surface area contributed by atoms with E-state index < -0.39 is 0 Å². The summed E-state index contributed by atoms with van der Waals surface area (Å²) in [6.07, 6.45) is 1.09. The number of benzene rings is 1. The van der Waals surface area contributed by atoms with Crippen LogP contribution in [-0.2, 0) is 6.61 Å². The molecule has 0 bridgehead atoms. The van der Waals surface area contributed by atoms with Crippen LogP contribution in [0.4, 0.5) is 5.69 Å². The zero-order valence-corrected chi connectivity index (χ0v) is 11.6. The Morgan fingerprint density at radius 2 is 2.00 bits per heavy atom. The molecule has 1 N–H and O–H groups in total. The molecule has 1 atom stereocenters. The van der Waals surface area contributed by atoms with Gasteiger partial charge in [-0.05, 0) is 37.0 Å². The zero-order valence-electron chi connectivity index (χ0n) is 11.6. The molecule has 0 aliphatic rings. The lowest BCUT2D eigenvalue weighted by Gasteiger charge is -2.29. The predicted octanol–water partition coefficient (Wildman–Crippen LogP) is 2.92. The molecule has 1 rings (SSSR count). The highest BCUT2D eigenvalue weighted by molar-refractivity contribution is 5.60. The van der Waals surface area contributed by atoms with Gasteiger partial charge in [0.2, 0.25) is 0 Å². The molecule has 1 aromatic rings. The summed E-state index contributed by atoms with van der Waals surface area (Å²) >= 11 is 0. The molecule has 0 spiro atoms. The van der Waals surface area contributed by atoms with Crippen molar-refractivity contribution in [2.75, 3.05) is 11.9 Å². The van der Waals surface area contributed by atoms with Crippen LogP contribution in [0.2, 0.25) is 0 Å². The summed E-state index contributed by atoms with van der Waals surface area (Å²) in [6.45, 7) is 6.54. The molecule has 98 valence electrons. The summed E-state index contributed by atoms with van der Waals surface area (Å²) in [5.74, 6) is 0.629. The standard InChI is InChI=1S/C15H22N2O/c1-11(2)7-12(3)17(4)15-6-5-13(10-18)8-14(15)9-16/h5-6,8,11-12,18H,7,10H2,1-4H3. The van der Waals surface area contributed by atoms with Crippen molar-refractivity contribution in [3.8, 4) is 6.07 Å². The molecule has 0 aromatic heterocycles. The third-order valence-electron chi connectivity index (χ3n) is 3.22. The third kappa shape index (κ3) is 3.48. The molecule has 0 aliphatic heterocycles. The number of aliphatic hydroxyl groups excluding tert-OH is 1. The molecule has 18 heavy (non-hydrogen) atoms. The molecule has 0 fully saturated rings. The van der Waals surface area contributed by atoms with E-state index in [2.05, 4.69) is 31.7 Å². The highest BCUT2D eigenvalue weighted by atomic mass is 16.3. The topological polar surface area (TPSA) is 47.3 Å². The van der Waals surface area contributed by atoms with Crippen molar-refractivity contribution in [3.05, 3.63) is 29.3 Å². The van der Waals surface area contributed by atoms with E-state index in [-0.39, 0.29) is 6.61 Å². The van der Waals surface area contributed by atoms with Gasteiger partial charge in [-0.1, -0.05) is 19.9 Å². The number of hydrogen-bond donors (Lipinski definition) is 1. The van der Waals surface area contributed by atoms with Crippen LogP contribution in [0.5, 0.6) is 0 Å². The maximum atomic E-state index is 9.19. The first-order chi connectivity index (χ1) is 8.49. The molecular formula is C15H22N2O. The lowest BCUT2D eigenvalue weighted by atomic mass is 10.0.